The highest BCUT2D eigenvalue weighted by molar-refractivity contribution is 6.31. The number of carbonyl (C=O) groups excluding carboxylic acids is 11. The van der Waals surface area contributed by atoms with Crippen LogP contribution in [-0.2, 0) is 55.7 Å². The number of likely N-dealkylation sites (tertiary alicyclic amines) is 1. The lowest BCUT2D eigenvalue weighted by molar-refractivity contribution is -0.149. The Labute approximate surface area is 556 Å². The monoisotopic (exact) mass is 1350 g/mol. The Kier molecular flexibility index (Phi) is 29.4. The molecule has 13 amide bonds. The van der Waals surface area contributed by atoms with Crippen LogP contribution >= 0.6 is 11.6 Å². The number of urea groups is 2. The minimum absolute atomic E-state index is 0.00368. The first-order valence-electron chi connectivity index (χ1n) is 33.2. The standard InChI is InChI=1S/C66H102ClF3N12O12/c1-12-44(4)57-62(92)76(7)41-55(86)74(5)42-56(87)78(9)51(38-45-24-16-13-17-25-45)60(90)75(6)40-53(84)71-49(29-27-46-26-28-47(48(67)37-46)66(68,69)70)59(89)82(34-22-15-23-35-83)63(93)73-65(30-18-19-31-65)80(11)64(94)79(10)52(61(91)81-32-20-14-21-33-81)39-54(85)77(8)50(36-43(2)3)58(88)72-57/h15,22,26,28,37,43-45,49-52,57,83H,12-14,16-21,23-25,27,29-36,38-42H2,1-11H3,(H,71,84)(H,72,88)(H,73,93)/b22-15+/t44-,49+,50-,51-,52-,57-/m0/s1. The smallest absolute Gasteiger partial charge is 0.396 e. The van der Waals surface area contributed by atoms with Crippen LogP contribution in [-0.4, -0.2) is 246 Å². The highest BCUT2D eigenvalue weighted by Crippen LogP contribution is 2.37. The number of amides is 13. The maximum absolute atomic E-state index is 15.3. The van der Waals surface area contributed by atoms with Crippen molar-refractivity contribution in [2.24, 2.45) is 17.8 Å². The molecule has 4 aliphatic rings. The third-order valence-electron chi connectivity index (χ3n) is 19.1. The number of aliphatic hydroxyl groups is 1. The van der Waals surface area contributed by atoms with E-state index in [0.29, 0.717) is 45.2 Å². The number of aliphatic hydroxyl groups excluding tert-OH is 1. The molecule has 1 aromatic carbocycles. The number of likely N-dealkylation sites (N-methyl/N-ethyl adjacent to an activating group) is 6. The number of hydrogen-bond acceptors (Lipinski definition) is 12. The molecule has 2 aliphatic carbocycles. The Hall–Kier alpha value is -7.03. The van der Waals surface area contributed by atoms with E-state index in [0.717, 1.165) is 75.2 Å². The lowest BCUT2D eigenvalue weighted by Crippen LogP contribution is -2.66. The van der Waals surface area contributed by atoms with Gasteiger partial charge in [0.2, 0.25) is 47.3 Å². The van der Waals surface area contributed by atoms with Gasteiger partial charge in [0, 0.05) is 75.6 Å². The van der Waals surface area contributed by atoms with E-state index in [9.17, 15) is 56.6 Å². The van der Waals surface area contributed by atoms with Crippen LogP contribution in [0.2, 0.25) is 5.02 Å². The Morgan fingerprint density at radius 3 is 1.93 bits per heavy atom. The second kappa shape index (κ2) is 35.6. The fourth-order valence-corrected chi connectivity index (χ4v) is 13.2. The van der Waals surface area contributed by atoms with E-state index in [1.54, 1.807) is 11.8 Å². The summed E-state index contributed by atoms with van der Waals surface area (Å²) in [5.74, 6) is -7.04. The van der Waals surface area contributed by atoms with Crippen molar-refractivity contribution in [3.05, 3.63) is 46.5 Å². The number of nitrogens with zero attached hydrogens (tertiary/aromatic N) is 9. The van der Waals surface area contributed by atoms with Crippen molar-refractivity contribution in [1.82, 2.24) is 60.0 Å². The van der Waals surface area contributed by atoms with E-state index in [-0.39, 0.29) is 69.0 Å². The number of hydrogen-bond donors (Lipinski definition) is 4. The number of benzene rings is 1. The number of piperidine rings is 1. The highest BCUT2D eigenvalue weighted by Gasteiger charge is 2.47. The predicted molar refractivity (Wildman–Crippen MR) is 347 cm³/mol. The van der Waals surface area contributed by atoms with Gasteiger partial charge in [-0.15, -0.1) is 0 Å². The fourth-order valence-electron chi connectivity index (χ4n) is 12.9. The van der Waals surface area contributed by atoms with Gasteiger partial charge in [-0.05, 0) is 112 Å². The predicted octanol–water partition coefficient (Wildman–Crippen LogP) is 5.87. The maximum atomic E-state index is 15.3. The summed E-state index contributed by atoms with van der Waals surface area (Å²) in [4.78, 5) is 173. The Morgan fingerprint density at radius 1 is 0.723 bits per heavy atom. The number of nitrogens with one attached hydrogen (secondary N) is 3. The molecule has 94 heavy (non-hydrogen) atoms. The Balaban J connectivity index is 1.65. The van der Waals surface area contributed by atoms with Crippen LogP contribution in [0, 0.1) is 17.8 Å². The van der Waals surface area contributed by atoms with Gasteiger partial charge < -0.3 is 60.3 Å². The van der Waals surface area contributed by atoms with Gasteiger partial charge in [0.1, 0.15) is 35.9 Å². The van der Waals surface area contributed by atoms with Crippen LogP contribution in [0.1, 0.15) is 154 Å². The zero-order valence-electron chi connectivity index (χ0n) is 56.9. The van der Waals surface area contributed by atoms with Gasteiger partial charge >= 0.3 is 18.2 Å². The van der Waals surface area contributed by atoms with E-state index in [4.69, 9.17) is 11.6 Å². The largest absolute Gasteiger partial charge is 0.417 e. The fraction of sp³-hybridized carbons (Fsp3) is 0.712. The SMILES string of the molecule is CC[C@H](C)[C@@H]1NC(=O)[C@H](CC(C)C)N(C)C(=O)C[C@@H](C(=O)N2CCCCC2)N(C)C(=O)N(C)C2(CCCC2)NC(=O)N(C/C=C/CCO)C(=O)[C@@H](CCc2ccc(C(F)(F)F)c(Cl)c2)NC(=O)CN(C)C(=O)[C@H](CC2CCCCC2)N(C)C(=O)CN(C)C(=O)CN(C)C1=O. The molecule has 6 atom stereocenters. The molecule has 0 radical (unpaired) electrons. The number of carbonyl (C=O) groups is 11. The molecule has 4 fully saturated rings. The zero-order valence-corrected chi connectivity index (χ0v) is 57.6. The molecular weight excluding hydrogens is 1250 g/mol. The van der Waals surface area contributed by atoms with E-state index in [1.807, 2.05) is 20.8 Å². The van der Waals surface area contributed by atoms with Crippen molar-refractivity contribution < 1.29 is 71.0 Å². The van der Waals surface area contributed by atoms with Crippen LogP contribution < -0.4 is 16.0 Å². The Bertz CT molecular complexity index is 2870. The van der Waals surface area contributed by atoms with E-state index < -0.39 is 156 Å². The molecule has 2 saturated carbocycles. The molecular formula is C66H102ClF3N12O12. The maximum Gasteiger partial charge on any atom is 0.417 e. The average Bonchev–Trinajstić information content (AvgIpc) is 1.45. The number of aryl methyl sites for hydroxylation is 1. The normalized spacial score (nSPS) is 24.2. The van der Waals surface area contributed by atoms with Crippen molar-refractivity contribution >= 4 is 76.8 Å². The van der Waals surface area contributed by atoms with E-state index >= 15 is 14.4 Å². The second-order valence-electron chi connectivity index (χ2n) is 26.6. The van der Waals surface area contributed by atoms with Crippen LogP contribution in [0.3, 0.4) is 0 Å². The van der Waals surface area contributed by atoms with Crippen molar-refractivity contribution in [3.63, 3.8) is 0 Å². The van der Waals surface area contributed by atoms with Gasteiger partial charge in [-0.2, -0.15) is 13.2 Å². The highest BCUT2D eigenvalue weighted by atomic mass is 35.5. The topological polar surface area (TPSA) is 273 Å². The molecule has 0 aromatic heterocycles. The van der Waals surface area contributed by atoms with Crippen LogP contribution in [0.15, 0.2) is 30.4 Å². The van der Waals surface area contributed by atoms with Gasteiger partial charge in [0.25, 0.3) is 5.91 Å². The van der Waals surface area contributed by atoms with Crippen LogP contribution in [0.4, 0.5) is 22.8 Å². The molecule has 24 nitrogen and oxygen atoms in total. The number of halogens is 4. The first-order valence-corrected chi connectivity index (χ1v) is 33.5. The second-order valence-corrected chi connectivity index (χ2v) is 27.0. The summed E-state index contributed by atoms with van der Waals surface area (Å²) in [6, 6.07) is -5.41. The molecule has 0 bridgehead atoms. The van der Waals surface area contributed by atoms with Gasteiger partial charge in [0.05, 0.1) is 36.6 Å². The summed E-state index contributed by atoms with van der Waals surface area (Å²) in [5, 5.41) is 17.6. The summed E-state index contributed by atoms with van der Waals surface area (Å²) in [6.07, 6.45) is 5.62. The molecule has 4 N–H and O–H groups in total. The summed E-state index contributed by atoms with van der Waals surface area (Å²) in [5.41, 5.74) is -2.42. The van der Waals surface area contributed by atoms with Gasteiger partial charge in [0.15, 0.2) is 0 Å². The molecule has 28 heteroatoms. The first-order chi connectivity index (χ1) is 44.3. The third kappa shape index (κ3) is 21.0. The van der Waals surface area contributed by atoms with Crippen molar-refractivity contribution in [3.8, 4) is 0 Å². The lowest BCUT2D eigenvalue weighted by atomic mass is 9.84. The zero-order chi connectivity index (χ0) is 69.9. The number of imide groups is 1. The van der Waals surface area contributed by atoms with Gasteiger partial charge in [-0.3, -0.25) is 48.1 Å². The minimum Gasteiger partial charge on any atom is -0.396 e. The molecule has 2 aliphatic heterocycles. The van der Waals surface area contributed by atoms with Crippen molar-refractivity contribution in [1.29, 1.82) is 0 Å². The summed E-state index contributed by atoms with van der Waals surface area (Å²) in [7, 11) is 9.71. The minimum atomic E-state index is -4.79. The van der Waals surface area contributed by atoms with Crippen LogP contribution in [0.25, 0.3) is 0 Å². The molecule has 0 unspecified atom stereocenters. The van der Waals surface area contributed by atoms with E-state index in [2.05, 4.69) is 16.0 Å². The van der Waals surface area contributed by atoms with E-state index in [1.165, 1.54) is 82.3 Å². The first kappa shape index (κ1) is 77.7. The van der Waals surface area contributed by atoms with Crippen molar-refractivity contribution in [2.45, 2.75) is 192 Å². The summed E-state index contributed by atoms with van der Waals surface area (Å²) >= 11 is 6.14. The molecule has 526 valence electrons. The molecule has 1 aromatic rings. The number of rotatable bonds is 14. The summed E-state index contributed by atoms with van der Waals surface area (Å²) < 4.78 is 41.6. The number of alkyl halides is 3. The van der Waals surface area contributed by atoms with Gasteiger partial charge in [-0.25, -0.2) is 9.59 Å². The molecule has 2 saturated heterocycles. The molecule has 5 rings (SSSR count). The summed E-state index contributed by atoms with van der Waals surface area (Å²) in [6.45, 7) is 5.48. The van der Waals surface area contributed by atoms with Crippen molar-refractivity contribution in [2.75, 3.05) is 95.2 Å². The van der Waals surface area contributed by atoms with Crippen LogP contribution in [0.5, 0.6) is 0 Å². The molecule has 1 spiro atoms. The Morgan fingerprint density at radius 2 is 1.33 bits per heavy atom. The lowest BCUT2D eigenvalue weighted by Gasteiger charge is -2.44. The molecule has 2 heterocycles. The van der Waals surface area contributed by atoms with Gasteiger partial charge in [-0.1, -0.05) is 96.0 Å². The average molecular weight is 1350 g/mol. The third-order valence-corrected chi connectivity index (χ3v) is 19.4. The quantitative estimate of drug-likeness (QED) is 0.159.